The molecule has 25 heavy (non-hydrogen) atoms. The number of ether oxygens (including phenoxy) is 1. The zero-order valence-electron chi connectivity index (χ0n) is 13.2. The third kappa shape index (κ3) is 3.55. The van der Waals surface area contributed by atoms with E-state index >= 15 is 0 Å². The van der Waals surface area contributed by atoms with Crippen LogP contribution in [-0.4, -0.2) is 25.0 Å². The summed E-state index contributed by atoms with van der Waals surface area (Å²) in [7, 11) is 1.54. The minimum absolute atomic E-state index is 0.118. The highest BCUT2D eigenvalue weighted by molar-refractivity contribution is 14.1. The molecule has 1 aliphatic rings. The number of carbonyl (C=O) groups excluding carboxylic acids is 3. The normalized spacial score (nSPS) is 16.2. The summed E-state index contributed by atoms with van der Waals surface area (Å²) in [6.07, 6.45) is 1.45. The summed E-state index contributed by atoms with van der Waals surface area (Å²) >= 11 is 2.12. The molecule has 1 aliphatic heterocycles. The topological polar surface area (TPSA) is 75.7 Å². The van der Waals surface area contributed by atoms with Crippen LogP contribution in [0.3, 0.4) is 0 Å². The summed E-state index contributed by atoms with van der Waals surface area (Å²) in [5.41, 5.74) is 0.903. The quantitative estimate of drug-likeness (QED) is 0.445. The number of rotatable bonds is 3. The van der Waals surface area contributed by atoms with Gasteiger partial charge < -0.3 is 4.74 Å². The second-order valence-electron chi connectivity index (χ2n) is 5.22. The fourth-order valence-electron chi connectivity index (χ4n) is 2.42. The molecule has 0 aromatic heterocycles. The SMILES string of the molecule is COc1cc(I)cc(/C=C2\C(=O)NC(=O)N(c3ccccc3)C2=O)c1. The van der Waals surface area contributed by atoms with E-state index in [-0.39, 0.29) is 5.57 Å². The maximum atomic E-state index is 12.7. The van der Waals surface area contributed by atoms with Gasteiger partial charge in [0.2, 0.25) is 0 Å². The van der Waals surface area contributed by atoms with Crippen molar-refractivity contribution in [3.05, 3.63) is 63.2 Å². The van der Waals surface area contributed by atoms with Gasteiger partial charge in [0.1, 0.15) is 11.3 Å². The van der Waals surface area contributed by atoms with Gasteiger partial charge in [-0.2, -0.15) is 0 Å². The fourth-order valence-corrected chi connectivity index (χ4v) is 3.09. The standard InChI is InChI=1S/C18H13IN2O4/c1-25-14-8-11(7-12(19)10-14)9-15-16(22)20-18(24)21(17(15)23)13-5-3-2-4-6-13/h2-10H,1H3,(H,20,22,24)/b15-9+. The molecule has 0 spiro atoms. The molecule has 0 unspecified atom stereocenters. The van der Waals surface area contributed by atoms with Gasteiger partial charge in [-0.15, -0.1) is 0 Å². The number of amides is 4. The molecule has 0 radical (unpaired) electrons. The maximum absolute atomic E-state index is 12.7. The molecule has 7 heteroatoms. The number of imide groups is 2. The number of hydrogen-bond donors (Lipinski definition) is 1. The molecule has 0 aliphatic carbocycles. The lowest BCUT2D eigenvalue weighted by Crippen LogP contribution is -2.54. The Hall–Kier alpha value is -2.68. The van der Waals surface area contributed by atoms with E-state index in [4.69, 9.17) is 4.74 Å². The van der Waals surface area contributed by atoms with Crippen molar-refractivity contribution in [1.29, 1.82) is 0 Å². The van der Waals surface area contributed by atoms with E-state index < -0.39 is 17.8 Å². The van der Waals surface area contributed by atoms with Gasteiger partial charge in [0, 0.05) is 3.57 Å². The van der Waals surface area contributed by atoms with Crippen molar-refractivity contribution < 1.29 is 19.1 Å². The lowest BCUT2D eigenvalue weighted by Gasteiger charge is -2.26. The number of barbiturate groups is 1. The van der Waals surface area contributed by atoms with Crippen LogP contribution in [0.5, 0.6) is 5.75 Å². The molecule has 2 aromatic rings. The lowest BCUT2D eigenvalue weighted by atomic mass is 10.1. The van der Waals surface area contributed by atoms with E-state index in [0.717, 1.165) is 8.47 Å². The highest BCUT2D eigenvalue weighted by Crippen LogP contribution is 2.24. The summed E-state index contributed by atoms with van der Waals surface area (Å²) in [6.45, 7) is 0. The Bertz CT molecular complexity index is 893. The molecule has 1 heterocycles. The number of nitrogens with zero attached hydrogens (tertiary/aromatic N) is 1. The first-order chi connectivity index (χ1) is 12.0. The van der Waals surface area contributed by atoms with Crippen LogP contribution in [0, 0.1) is 3.57 Å². The minimum Gasteiger partial charge on any atom is -0.497 e. The second kappa shape index (κ2) is 7.06. The van der Waals surface area contributed by atoms with Gasteiger partial charge in [0.15, 0.2) is 0 Å². The van der Waals surface area contributed by atoms with Gasteiger partial charge in [-0.25, -0.2) is 9.69 Å². The van der Waals surface area contributed by atoms with E-state index in [1.54, 1.807) is 42.5 Å². The van der Waals surface area contributed by atoms with Crippen LogP contribution in [-0.2, 0) is 9.59 Å². The van der Waals surface area contributed by atoms with E-state index in [0.29, 0.717) is 17.0 Å². The molecular formula is C18H13IN2O4. The number of urea groups is 1. The summed E-state index contributed by atoms with van der Waals surface area (Å²) in [5.74, 6) is -0.781. The second-order valence-corrected chi connectivity index (χ2v) is 6.46. The number of hydrogen-bond acceptors (Lipinski definition) is 4. The van der Waals surface area contributed by atoms with Gasteiger partial charge in [-0.3, -0.25) is 14.9 Å². The van der Waals surface area contributed by atoms with Gasteiger partial charge in [-0.05, 0) is 64.6 Å². The number of benzene rings is 2. The number of carbonyl (C=O) groups is 3. The lowest BCUT2D eigenvalue weighted by molar-refractivity contribution is -0.122. The summed E-state index contributed by atoms with van der Waals surface area (Å²) < 4.78 is 6.09. The first-order valence-electron chi connectivity index (χ1n) is 7.30. The highest BCUT2D eigenvalue weighted by atomic mass is 127. The largest absolute Gasteiger partial charge is 0.497 e. The Morgan fingerprint density at radius 3 is 2.48 bits per heavy atom. The molecule has 126 valence electrons. The Morgan fingerprint density at radius 1 is 1.08 bits per heavy atom. The summed E-state index contributed by atoms with van der Waals surface area (Å²) in [6, 6.07) is 13.0. The summed E-state index contributed by atoms with van der Waals surface area (Å²) in [4.78, 5) is 37.9. The van der Waals surface area contributed by atoms with Crippen molar-refractivity contribution in [3.63, 3.8) is 0 Å². The zero-order chi connectivity index (χ0) is 18.0. The van der Waals surface area contributed by atoms with Crippen LogP contribution in [0.1, 0.15) is 5.56 Å². The Kier molecular flexibility index (Phi) is 4.84. The Balaban J connectivity index is 2.03. The predicted molar refractivity (Wildman–Crippen MR) is 101 cm³/mol. The zero-order valence-corrected chi connectivity index (χ0v) is 15.3. The molecule has 1 fully saturated rings. The molecular weight excluding hydrogens is 435 g/mol. The average Bonchev–Trinajstić information content (AvgIpc) is 2.59. The van der Waals surface area contributed by atoms with E-state index in [2.05, 4.69) is 27.9 Å². The summed E-state index contributed by atoms with van der Waals surface area (Å²) in [5, 5.41) is 2.20. The maximum Gasteiger partial charge on any atom is 0.335 e. The molecule has 0 saturated carbocycles. The van der Waals surface area contributed by atoms with Gasteiger partial charge in [0.05, 0.1) is 12.8 Å². The third-order valence-electron chi connectivity index (χ3n) is 3.56. The van der Waals surface area contributed by atoms with Gasteiger partial charge in [-0.1, -0.05) is 18.2 Å². The molecule has 1 N–H and O–H groups in total. The first kappa shape index (κ1) is 17.2. The van der Waals surface area contributed by atoms with E-state index in [1.165, 1.54) is 13.2 Å². The Labute approximate surface area is 157 Å². The molecule has 3 rings (SSSR count). The number of halogens is 1. The number of para-hydroxylation sites is 1. The van der Waals surface area contributed by atoms with Crippen molar-refractivity contribution in [1.82, 2.24) is 5.32 Å². The number of methoxy groups -OCH3 is 1. The highest BCUT2D eigenvalue weighted by Gasteiger charge is 2.36. The first-order valence-corrected chi connectivity index (χ1v) is 8.38. The van der Waals surface area contributed by atoms with E-state index in [1.807, 2.05) is 6.07 Å². The molecule has 4 amide bonds. The average molecular weight is 448 g/mol. The van der Waals surface area contributed by atoms with Crippen molar-refractivity contribution in [2.75, 3.05) is 12.0 Å². The van der Waals surface area contributed by atoms with Crippen LogP contribution in [0.4, 0.5) is 10.5 Å². The van der Waals surface area contributed by atoms with Crippen LogP contribution < -0.4 is 15.0 Å². The fraction of sp³-hybridized carbons (Fsp3) is 0.0556. The monoisotopic (exact) mass is 448 g/mol. The third-order valence-corrected chi connectivity index (χ3v) is 4.18. The van der Waals surface area contributed by atoms with Crippen molar-refractivity contribution in [2.24, 2.45) is 0 Å². The molecule has 2 aromatic carbocycles. The molecule has 0 atom stereocenters. The van der Waals surface area contributed by atoms with Crippen molar-refractivity contribution >= 4 is 52.2 Å². The van der Waals surface area contributed by atoms with Gasteiger partial charge >= 0.3 is 6.03 Å². The van der Waals surface area contributed by atoms with Crippen molar-refractivity contribution in [3.8, 4) is 5.75 Å². The van der Waals surface area contributed by atoms with Crippen LogP contribution in [0.25, 0.3) is 6.08 Å². The van der Waals surface area contributed by atoms with Crippen LogP contribution in [0.15, 0.2) is 54.1 Å². The molecule has 1 saturated heterocycles. The van der Waals surface area contributed by atoms with Gasteiger partial charge in [0.25, 0.3) is 11.8 Å². The van der Waals surface area contributed by atoms with Crippen LogP contribution >= 0.6 is 22.6 Å². The molecule has 6 nitrogen and oxygen atoms in total. The Morgan fingerprint density at radius 2 is 1.80 bits per heavy atom. The molecule has 0 bridgehead atoms. The van der Waals surface area contributed by atoms with Crippen molar-refractivity contribution in [2.45, 2.75) is 0 Å². The number of anilines is 1. The minimum atomic E-state index is -0.765. The smallest absolute Gasteiger partial charge is 0.335 e. The predicted octanol–water partition coefficient (Wildman–Crippen LogP) is 2.97. The van der Waals surface area contributed by atoms with E-state index in [9.17, 15) is 14.4 Å². The van der Waals surface area contributed by atoms with Crippen LogP contribution in [0.2, 0.25) is 0 Å². The number of nitrogens with one attached hydrogen (secondary N) is 1.